The quantitative estimate of drug-likeness (QED) is 0.790. The molecule has 0 amide bonds. The predicted octanol–water partition coefficient (Wildman–Crippen LogP) is 2.29. The molecule has 1 heterocycles. The summed E-state index contributed by atoms with van der Waals surface area (Å²) in [7, 11) is 0. The molecule has 1 fully saturated rings. The van der Waals surface area contributed by atoms with E-state index in [1.807, 2.05) is 13.8 Å². The Kier molecular flexibility index (Phi) is 1.96. The molecule has 0 saturated heterocycles. The van der Waals surface area contributed by atoms with E-state index >= 15 is 0 Å². The molecule has 0 aromatic carbocycles. The summed E-state index contributed by atoms with van der Waals surface area (Å²) in [6.07, 6.45) is 4.03. The Hall–Kier alpha value is -0.830. The SMILES string of the molecule is CC1(C)C(N)CC1(F)Cc1ccoc1. The third kappa shape index (κ3) is 1.19. The van der Waals surface area contributed by atoms with Crippen molar-refractivity contribution in [3.63, 3.8) is 0 Å². The number of hydrogen-bond donors (Lipinski definition) is 1. The van der Waals surface area contributed by atoms with Crippen molar-refractivity contribution in [3.05, 3.63) is 24.2 Å². The summed E-state index contributed by atoms with van der Waals surface area (Å²) in [5.74, 6) is 0. The summed E-state index contributed by atoms with van der Waals surface area (Å²) < 4.78 is 19.3. The molecule has 1 aromatic heterocycles. The fourth-order valence-corrected chi connectivity index (χ4v) is 2.08. The maximum atomic E-state index is 14.4. The van der Waals surface area contributed by atoms with Crippen LogP contribution in [-0.2, 0) is 6.42 Å². The molecule has 0 spiro atoms. The van der Waals surface area contributed by atoms with Crippen molar-refractivity contribution in [2.75, 3.05) is 0 Å². The molecule has 1 aliphatic rings. The molecule has 1 saturated carbocycles. The first kappa shape index (κ1) is 9.71. The first-order valence-corrected chi connectivity index (χ1v) is 4.91. The number of halogens is 1. The average molecular weight is 197 g/mol. The van der Waals surface area contributed by atoms with Gasteiger partial charge in [-0.2, -0.15) is 0 Å². The van der Waals surface area contributed by atoms with Crippen molar-refractivity contribution >= 4 is 0 Å². The average Bonchev–Trinajstić information content (AvgIpc) is 2.56. The first-order valence-electron chi connectivity index (χ1n) is 4.91. The minimum atomic E-state index is -1.17. The van der Waals surface area contributed by atoms with E-state index in [0.717, 1.165) is 5.56 Å². The summed E-state index contributed by atoms with van der Waals surface area (Å²) >= 11 is 0. The van der Waals surface area contributed by atoms with Crippen LogP contribution in [0, 0.1) is 5.41 Å². The van der Waals surface area contributed by atoms with Crippen LogP contribution >= 0.6 is 0 Å². The van der Waals surface area contributed by atoms with Gasteiger partial charge in [0.15, 0.2) is 0 Å². The normalized spacial score (nSPS) is 35.3. The summed E-state index contributed by atoms with van der Waals surface area (Å²) in [6.45, 7) is 3.78. The summed E-state index contributed by atoms with van der Waals surface area (Å²) in [4.78, 5) is 0. The van der Waals surface area contributed by atoms with E-state index in [1.165, 1.54) is 0 Å². The third-order valence-electron chi connectivity index (χ3n) is 3.69. The fourth-order valence-electron chi connectivity index (χ4n) is 2.08. The van der Waals surface area contributed by atoms with Gasteiger partial charge in [0.1, 0.15) is 5.67 Å². The molecule has 2 nitrogen and oxygen atoms in total. The van der Waals surface area contributed by atoms with E-state index in [9.17, 15) is 4.39 Å². The van der Waals surface area contributed by atoms with E-state index in [2.05, 4.69) is 0 Å². The zero-order chi connectivity index (χ0) is 10.4. The summed E-state index contributed by atoms with van der Waals surface area (Å²) in [5, 5.41) is 0. The van der Waals surface area contributed by atoms with Crippen molar-refractivity contribution < 1.29 is 8.81 Å². The number of rotatable bonds is 2. The van der Waals surface area contributed by atoms with E-state index in [0.29, 0.717) is 12.8 Å². The van der Waals surface area contributed by atoms with Gasteiger partial charge >= 0.3 is 0 Å². The van der Waals surface area contributed by atoms with Crippen molar-refractivity contribution in [2.45, 2.75) is 38.4 Å². The van der Waals surface area contributed by atoms with Gasteiger partial charge in [-0.1, -0.05) is 13.8 Å². The maximum absolute atomic E-state index is 14.4. The van der Waals surface area contributed by atoms with E-state index in [-0.39, 0.29) is 6.04 Å². The Bertz CT molecular complexity index is 320. The molecule has 0 radical (unpaired) electrons. The molecule has 2 N–H and O–H groups in total. The largest absolute Gasteiger partial charge is 0.472 e. The fraction of sp³-hybridized carbons (Fsp3) is 0.636. The molecular weight excluding hydrogens is 181 g/mol. The van der Waals surface area contributed by atoms with Gasteiger partial charge in [0.05, 0.1) is 12.5 Å². The predicted molar refractivity (Wildman–Crippen MR) is 52.6 cm³/mol. The van der Waals surface area contributed by atoms with Crippen LogP contribution in [0.15, 0.2) is 23.0 Å². The highest BCUT2D eigenvalue weighted by atomic mass is 19.1. The van der Waals surface area contributed by atoms with Gasteiger partial charge in [0.2, 0.25) is 0 Å². The zero-order valence-electron chi connectivity index (χ0n) is 8.59. The standard InChI is InChI=1S/C11H16FNO/c1-10(2)9(13)6-11(10,12)5-8-3-4-14-7-8/h3-4,7,9H,5-6,13H2,1-2H3. The molecule has 14 heavy (non-hydrogen) atoms. The first-order chi connectivity index (χ1) is 6.46. The van der Waals surface area contributed by atoms with E-state index in [1.54, 1.807) is 18.6 Å². The molecule has 0 bridgehead atoms. The minimum Gasteiger partial charge on any atom is -0.472 e. The Morgan fingerprint density at radius 1 is 1.64 bits per heavy atom. The number of hydrogen-bond acceptors (Lipinski definition) is 2. The lowest BCUT2D eigenvalue weighted by atomic mass is 9.55. The zero-order valence-corrected chi connectivity index (χ0v) is 8.59. The van der Waals surface area contributed by atoms with Gasteiger partial charge in [-0.05, 0) is 18.1 Å². The Balaban J connectivity index is 2.12. The van der Waals surface area contributed by atoms with Crippen LogP contribution in [0.5, 0.6) is 0 Å². The molecule has 78 valence electrons. The van der Waals surface area contributed by atoms with Crippen LogP contribution in [0.4, 0.5) is 4.39 Å². The van der Waals surface area contributed by atoms with Crippen LogP contribution in [0.2, 0.25) is 0 Å². The van der Waals surface area contributed by atoms with Gasteiger partial charge in [0, 0.05) is 17.9 Å². The lowest BCUT2D eigenvalue weighted by Gasteiger charge is -2.55. The lowest BCUT2D eigenvalue weighted by Crippen LogP contribution is -2.65. The van der Waals surface area contributed by atoms with Crippen LogP contribution in [0.3, 0.4) is 0 Å². The van der Waals surface area contributed by atoms with Crippen molar-refractivity contribution in [3.8, 4) is 0 Å². The molecule has 0 aliphatic heterocycles. The Labute approximate surface area is 83.3 Å². The van der Waals surface area contributed by atoms with Crippen LogP contribution in [-0.4, -0.2) is 11.7 Å². The molecule has 2 atom stereocenters. The van der Waals surface area contributed by atoms with Gasteiger partial charge in [-0.3, -0.25) is 0 Å². The number of furan rings is 1. The highest BCUT2D eigenvalue weighted by molar-refractivity contribution is 5.19. The third-order valence-corrected chi connectivity index (χ3v) is 3.69. The highest BCUT2D eigenvalue weighted by Crippen LogP contribution is 2.53. The number of alkyl halides is 1. The number of nitrogens with two attached hydrogens (primary N) is 1. The van der Waals surface area contributed by atoms with Gasteiger partial charge in [-0.15, -0.1) is 0 Å². The molecular formula is C11H16FNO. The monoisotopic (exact) mass is 197 g/mol. The molecule has 2 rings (SSSR count). The second-order valence-electron chi connectivity index (χ2n) is 4.81. The van der Waals surface area contributed by atoms with Crippen molar-refractivity contribution in [1.82, 2.24) is 0 Å². The van der Waals surface area contributed by atoms with Crippen LogP contribution < -0.4 is 5.73 Å². The van der Waals surface area contributed by atoms with Crippen LogP contribution in [0.25, 0.3) is 0 Å². The maximum Gasteiger partial charge on any atom is 0.123 e. The Morgan fingerprint density at radius 2 is 2.36 bits per heavy atom. The highest BCUT2D eigenvalue weighted by Gasteiger charge is 2.59. The van der Waals surface area contributed by atoms with E-state index < -0.39 is 11.1 Å². The van der Waals surface area contributed by atoms with Crippen LogP contribution in [0.1, 0.15) is 25.8 Å². The molecule has 1 aromatic rings. The molecule has 3 heteroatoms. The molecule has 1 aliphatic carbocycles. The van der Waals surface area contributed by atoms with Crippen molar-refractivity contribution in [2.24, 2.45) is 11.1 Å². The van der Waals surface area contributed by atoms with Gasteiger partial charge in [-0.25, -0.2) is 4.39 Å². The lowest BCUT2D eigenvalue weighted by molar-refractivity contribution is -0.101. The topological polar surface area (TPSA) is 39.2 Å². The Morgan fingerprint density at radius 3 is 2.79 bits per heavy atom. The van der Waals surface area contributed by atoms with Crippen molar-refractivity contribution in [1.29, 1.82) is 0 Å². The second kappa shape index (κ2) is 2.83. The van der Waals surface area contributed by atoms with Gasteiger partial charge in [0.25, 0.3) is 0 Å². The summed E-state index contributed by atoms with van der Waals surface area (Å²) in [6, 6.07) is 1.78. The smallest absolute Gasteiger partial charge is 0.123 e. The van der Waals surface area contributed by atoms with Gasteiger partial charge < -0.3 is 10.2 Å². The minimum absolute atomic E-state index is 0.0283. The summed E-state index contributed by atoms with van der Waals surface area (Å²) in [5.41, 5.74) is 5.11. The second-order valence-corrected chi connectivity index (χ2v) is 4.81. The van der Waals surface area contributed by atoms with E-state index in [4.69, 9.17) is 10.2 Å². The molecule has 2 unspecified atom stereocenters.